The van der Waals surface area contributed by atoms with Gasteiger partial charge in [0.05, 0.1) is 0 Å². The minimum Gasteiger partial charge on any atom is -0.348 e. The van der Waals surface area contributed by atoms with E-state index in [-0.39, 0.29) is 11.8 Å². The van der Waals surface area contributed by atoms with Gasteiger partial charge < -0.3 is 10.2 Å². The lowest BCUT2D eigenvalue weighted by atomic mass is 10.0. The van der Waals surface area contributed by atoms with Gasteiger partial charge in [0.25, 0.3) is 5.91 Å². The zero-order valence-corrected chi connectivity index (χ0v) is 16.3. The van der Waals surface area contributed by atoms with Crippen molar-refractivity contribution in [3.63, 3.8) is 0 Å². The zero-order chi connectivity index (χ0) is 20.1. The van der Waals surface area contributed by atoms with E-state index in [1.54, 1.807) is 31.3 Å². The van der Waals surface area contributed by atoms with Crippen LogP contribution in [0.5, 0.6) is 0 Å². The molecule has 1 N–H and O–H groups in total. The highest BCUT2D eigenvalue weighted by Gasteiger charge is 2.10. The maximum atomic E-state index is 12.3. The van der Waals surface area contributed by atoms with Crippen molar-refractivity contribution in [3.05, 3.63) is 83.7 Å². The maximum absolute atomic E-state index is 12.3. The average Bonchev–Trinajstić information content (AvgIpc) is 2.72. The predicted molar refractivity (Wildman–Crippen MR) is 111 cm³/mol. The number of anilines is 1. The fraction of sp³-hybridized carbons (Fsp3) is 0.174. The Morgan fingerprint density at radius 2 is 1.75 bits per heavy atom. The number of hydrogen-bond acceptors (Lipinski definition) is 3. The quantitative estimate of drug-likeness (QED) is 0.736. The lowest BCUT2D eigenvalue weighted by molar-refractivity contribution is -0.116. The first-order chi connectivity index (χ1) is 13.5. The lowest BCUT2D eigenvalue weighted by Gasteiger charge is -2.18. The molecule has 142 valence electrons. The molecule has 0 aliphatic carbocycles. The summed E-state index contributed by atoms with van der Waals surface area (Å²) >= 11 is 0. The molecule has 0 radical (unpaired) electrons. The highest BCUT2D eigenvalue weighted by molar-refractivity contribution is 5.95. The van der Waals surface area contributed by atoms with Crippen molar-refractivity contribution in [3.8, 4) is 11.1 Å². The second-order valence-corrected chi connectivity index (χ2v) is 6.70. The van der Waals surface area contributed by atoms with Crippen LogP contribution in [0.1, 0.15) is 28.4 Å². The number of rotatable bonds is 5. The van der Waals surface area contributed by atoms with E-state index in [1.165, 1.54) is 0 Å². The summed E-state index contributed by atoms with van der Waals surface area (Å²) in [6.45, 7) is 3.97. The Labute approximate surface area is 165 Å². The van der Waals surface area contributed by atoms with E-state index >= 15 is 0 Å². The largest absolute Gasteiger partial charge is 0.348 e. The summed E-state index contributed by atoms with van der Waals surface area (Å²) in [7, 11) is 1.77. The first kappa shape index (κ1) is 19.3. The molecule has 0 aliphatic rings. The van der Waals surface area contributed by atoms with Crippen LogP contribution >= 0.6 is 0 Å². The van der Waals surface area contributed by atoms with Crippen LogP contribution in [0, 0.1) is 6.92 Å². The van der Waals surface area contributed by atoms with Crippen molar-refractivity contribution in [2.75, 3.05) is 11.9 Å². The molecule has 2 amide bonds. The molecule has 0 atom stereocenters. The van der Waals surface area contributed by atoms with E-state index in [0.717, 1.165) is 27.9 Å². The maximum Gasteiger partial charge on any atom is 0.251 e. The number of hydrogen-bond donors (Lipinski definition) is 1. The third-order valence-corrected chi connectivity index (χ3v) is 4.69. The van der Waals surface area contributed by atoms with Crippen molar-refractivity contribution in [2.45, 2.75) is 20.4 Å². The summed E-state index contributed by atoms with van der Waals surface area (Å²) < 4.78 is 0. The fourth-order valence-electron chi connectivity index (χ4n) is 2.98. The SMILES string of the molecule is CC(=O)N(C)c1ccc(-c2ccc(C(=O)NCc3cccnc3)cc2)cc1C. The molecule has 1 heterocycles. The average molecular weight is 373 g/mol. The van der Waals surface area contributed by atoms with Crippen LogP contribution in [0.3, 0.4) is 0 Å². The van der Waals surface area contributed by atoms with Crippen LogP contribution in [0.15, 0.2) is 67.0 Å². The smallest absolute Gasteiger partial charge is 0.251 e. The van der Waals surface area contributed by atoms with Crippen molar-refractivity contribution in [1.82, 2.24) is 10.3 Å². The van der Waals surface area contributed by atoms with Crippen LogP contribution in [0.4, 0.5) is 5.69 Å². The molecule has 3 rings (SSSR count). The van der Waals surface area contributed by atoms with E-state index in [1.807, 2.05) is 61.5 Å². The van der Waals surface area contributed by atoms with Gasteiger partial charge in [0.15, 0.2) is 0 Å². The van der Waals surface area contributed by atoms with Crippen molar-refractivity contribution in [2.24, 2.45) is 0 Å². The molecule has 5 nitrogen and oxygen atoms in total. The van der Waals surface area contributed by atoms with E-state index in [9.17, 15) is 9.59 Å². The van der Waals surface area contributed by atoms with Gasteiger partial charge in [-0.15, -0.1) is 0 Å². The number of nitrogens with zero attached hydrogens (tertiary/aromatic N) is 2. The van der Waals surface area contributed by atoms with Gasteiger partial charge in [-0.2, -0.15) is 0 Å². The third kappa shape index (κ3) is 4.43. The summed E-state index contributed by atoms with van der Waals surface area (Å²) in [6, 6.07) is 17.2. The highest BCUT2D eigenvalue weighted by Crippen LogP contribution is 2.27. The van der Waals surface area contributed by atoms with Gasteiger partial charge in [0.1, 0.15) is 0 Å². The summed E-state index contributed by atoms with van der Waals surface area (Å²) in [4.78, 5) is 29.6. The van der Waals surface area contributed by atoms with Crippen LogP contribution in [0.25, 0.3) is 11.1 Å². The number of nitrogens with one attached hydrogen (secondary N) is 1. The van der Waals surface area contributed by atoms with Crippen molar-refractivity contribution < 1.29 is 9.59 Å². The Balaban J connectivity index is 1.71. The molecule has 0 saturated heterocycles. The van der Waals surface area contributed by atoms with Gasteiger partial charge in [-0.05, 0) is 59.5 Å². The Hall–Kier alpha value is -3.47. The van der Waals surface area contributed by atoms with E-state index in [4.69, 9.17) is 0 Å². The lowest BCUT2D eigenvalue weighted by Crippen LogP contribution is -2.23. The number of amides is 2. The molecule has 0 saturated carbocycles. The van der Waals surface area contributed by atoms with Crippen LogP contribution in [0.2, 0.25) is 0 Å². The molecule has 0 bridgehead atoms. The molecule has 5 heteroatoms. The monoisotopic (exact) mass is 373 g/mol. The van der Waals surface area contributed by atoms with Gasteiger partial charge in [0, 0.05) is 44.2 Å². The van der Waals surface area contributed by atoms with E-state index in [0.29, 0.717) is 12.1 Å². The molecular formula is C23H23N3O2. The molecule has 0 spiro atoms. The topological polar surface area (TPSA) is 62.3 Å². The van der Waals surface area contributed by atoms with Gasteiger partial charge in [0.2, 0.25) is 5.91 Å². The highest BCUT2D eigenvalue weighted by atomic mass is 16.2. The fourth-order valence-corrected chi connectivity index (χ4v) is 2.98. The molecule has 2 aromatic carbocycles. The number of pyridine rings is 1. The zero-order valence-electron chi connectivity index (χ0n) is 16.3. The number of benzene rings is 2. The molecular weight excluding hydrogens is 350 g/mol. The van der Waals surface area contributed by atoms with E-state index in [2.05, 4.69) is 10.3 Å². The Kier molecular flexibility index (Phi) is 5.84. The first-order valence-corrected chi connectivity index (χ1v) is 9.08. The number of carbonyl (C=O) groups excluding carboxylic acids is 2. The minimum absolute atomic E-state index is 0.00232. The molecule has 0 fully saturated rings. The molecule has 0 aliphatic heterocycles. The first-order valence-electron chi connectivity index (χ1n) is 9.08. The number of aryl methyl sites for hydroxylation is 1. The van der Waals surface area contributed by atoms with Crippen LogP contribution in [-0.2, 0) is 11.3 Å². The van der Waals surface area contributed by atoms with Crippen molar-refractivity contribution in [1.29, 1.82) is 0 Å². The summed E-state index contributed by atoms with van der Waals surface area (Å²) in [5.74, 6) is -0.123. The summed E-state index contributed by atoms with van der Waals surface area (Å²) in [5.41, 5.74) is 5.54. The Bertz CT molecular complexity index is 982. The summed E-state index contributed by atoms with van der Waals surface area (Å²) in [6.07, 6.45) is 3.44. The summed E-state index contributed by atoms with van der Waals surface area (Å²) in [5, 5.41) is 2.90. The molecule has 0 unspecified atom stereocenters. The standard InChI is InChI=1S/C23H23N3O2/c1-16-13-21(10-11-22(16)26(3)17(2)27)19-6-8-20(9-7-19)23(28)25-15-18-5-4-12-24-14-18/h4-14H,15H2,1-3H3,(H,25,28). The van der Waals surface area contributed by atoms with Gasteiger partial charge in [-0.1, -0.05) is 24.3 Å². The molecule has 1 aromatic heterocycles. The van der Waals surface area contributed by atoms with E-state index < -0.39 is 0 Å². The second kappa shape index (κ2) is 8.48. The number of aromatic nitrogens is 1. The van der Waals surface area contributed by atoms with Gasteiger partial charge >= 0.3 is 0 Å². The minimum atomic E-state index is -0.120. The normalized spacial score (nSPS) is 10.4. The number of carbonyl (C=O) groups is 2. The Morgan fingerprint density at radius 3 is 2.36 bits per heavy atom. The second-order valence-electron chi connectivity index (χ2n) is 6.70. The Morgan fingerprint density at radius 1 is 1.04 bits per heavy atom. The molecule has 28 heavy (non-hydrogen) atoms. The van der Waals surface area contributed by atoms with Gasteiger partial charge in [-0.25, -0.2) is 0 Å². The third-order valence-electron chi connectivity index (χ3n) is 4.69. The van der Waals surface area contributed by atoms with Crippen LogP contribution in [-0.4, -0.2) is 23.8 Å². The van der Waals surface area contributed by atoms with Crippen molar-refractivity contribution >= 4 is 17.5 Å². The van der Waals surface area contributed by atoms with Crippen LogP contribution < -0.4 is 10.2 Å². The predicted octanol–water partition coefficient (Wildman–Crippen LogP) is 3.97. The molecule has 3 aromatic rings. The van der Waals surface area contributed by atoms with Gasteiger partial charge in [-0.3, -0.25) is 14.6 Å².